The first-order chi connectivity index (χ1) is 15.6. The minimum absolute atomic E-state index is 0.0243. The summed E-state index contributed by atoms with van der Waals surface area (Å²) in [5, 5.41) is 0. The molecule has 2 fully saturated rings. The molecule has 4 heterocycles. The second-order valence-electron chi connectivity index (χ2n) is 8.72. The zero-order valence-corrected chi connectivity index (χ0v) is 18.3. The summed E-state index contributed by atoms with van der Waals surface area (Å²) in [5.74, 6) is 0.526. The Balaban J connectivity index is 1.21. The molecule has 1 aromatic heterocycles. The molecule has 0 saturated carbocycles. The van der Waals surface area contributed by atoms with Gasteiger partial charge in [0.15, 0.2) is 0 Å². The number of amides is 3. The fourth-order valence-corrected chi connectivity index (χ4v) is 5.19. The Morgan fingerprint density at radius 1 is 1.03 bits per heavy atom. The van der Waals surface area contributed by atoms with Gasteiger partial charge in [-0.1, -0.05) is 6.07 Å². The highest BCUT2D eigenvalue weighted by molar-refractivity contribution is 5.98. The monoisotopic (exact) mass is 436 g/mol. The SMILES string of the molecule is COc1cccc(C(=O)N2CCCC2C(=O)N2CCC(N3Cc4cccn4C3=O)CC2)c1. The predicted molar refractivity (Wildman–Crippen MR) is 117 cm³/mol. The van der Waals surface area contributed by atoms with Crippen LogP contribution in [0, 0.1) is 0 Å². The van der Waals surface area contributed by atoms with Gasteiger partial charge in [-0.2, -0.15) is 0 Å². The summed E-state index contributed by atoms with van der Waals surface area (Å²) < 4.78 is 6.94. The maximum absolute atomic E-state index is 13.3. The third-order valence-corrected chi connectivity index (χ3v) is 6.95. The zero-order valence-electron chi connectivity index (χ0n) is 18.3. The average Bonchev–Trinajstić information content (AvgIpc) is 3.56. The molecule has 0 spiro atoms. The lowest BCUT2D eigenvalue weighted by atomic mass is 10.0. The molecule has 3 aliphatic rings. The van der Waals surface area contributed by atoms with Crippen molar-refractivity contribution < 1.29 is 19.1 Å². The smallest absolute Gasteiger partial charge is 0.329 e. The number of carbonyl (C=O) groups is 3. The first kappa shape index (κ1) is 20.6. The van der Waals surface area contributed by atoms with Crippen LogP contribution in [0.4, 0.5) is 4.79 Å². The van der Waals surface area contributed by atoms with Crippen LogP contribution in [0.5, 0.6) is 5.75 Å². The number of ether oxygens (including phenoxy) is 1. The molecule has 3 aliphatic heterocycles. The van der Waals surface area contributed by atoms with Crippen LogP contribution in [0.2, 0.25) is 0 Å². The van der Waals surface area contributed by atoms with E-state index in [1.165, 1.54) is 0 Å². The summed E-state index contributed by atoms with van der Waals surface area (Å²) in [7, 11) is 1.57. The predicted octanol–water partition coefficient (Wildman–Crippen LogP) is 2.58. The van der Waals surface area contributed by atoms with Crippen molar-refractivity contribution in [2.24, 2.45) is 0 Å². The summed E-state index contributed by atoms with van der Waals surface area (Å²) in [6.45, 7) is 2.44. The number of aromatic nitrogens is 1. The van der Waals surface area contributed by atoms with Gasteiger partial charge in [-0.3, -0.25) is 14.2 Å². The third-order valence-electron chi connectivity index (χ3n) is 6.95. The van der Waals surface area contributed by atoms with Gasteiger partial charge in [-0.05, 0) is 56.0 Å². The second-order valence-corrected chi connectivity index (χ2v) is 8.72. The lowest BCUT2D eigenvalue weighted by Gasteiger charge is -2.38. The zero-order chi connectivity index (χ0) is 22.2. The largest absolute Gasteiger partial charge is 0.497 e. The highest BCUT2D eigenvalue weighted by Crippen LogP contribution is 2.28. The summed E-state index contributed by atoms with van der Waals surface area (Å²) >= 11 is 0. The van der Waals surface area contributed by atoms with Crippen LogP contribution < -0.4 is 4.74 Å². The van der Waals surface area contributed by atoms with E-state index in [4.69, 9.17) is 4.74 Å². The van der Waals surface area contributed by atoms with E-state index in [1.807, 2.05) is 28.1 Å². The molecule has 0 aliphatic carbocycles. The van der Waals surface area contributed by atoms with E-state index in [9.17, 15) is 14.4 Å². The van der Waals surface area contributed by atoms with Crippen LogP contribution in [-0.2, 0) is 11.3 Å². The minimum Gasteiger partial charge on any atom is -0.497 e. The molecule has 0 bridgehead atoms. The van der Waals surface area contributed by atoms with Crippen LogP contribution in [0.25, 0.3) is 0 Å². The molecule has 2 saturated heterocycles. The fourth-order valence-electron chi connectivity index (χ4n) is 5.19. The number of hydrogen-bond donors (Lipinski definition) is 0. The van der Waals surface area contributed by atoms with Crippen LogP contribution in [-0.4, -0.2) is 75.9 Å². The van der Waals surface area contributed by atoms with Crippen molar-refractivity contribution in [2.75, 3.05) is 26.7 Å². The van der Waals surface area contributed by atoms with Gasteiger partial charge in [0.25, 0.3) is 5.91 Å². The Morgan fingerprint density at radius 2 is 1.84 bits per heavy atom. The Labute approximate surface area is 187 Å². The molecule has 8 heteroatoms. The lowest BCUT2D eigenvalue weighted by Crippen LogP contribution is -2.52. The number of carbonyl (C=O) groups excluding carboxylic acids is 3. The Bertz CT molecular complexity index is 1040. The minimum atomic E-state index is -0.417. The van der Waals surface area contributed by atoms with E-state index in [0.717, 1.165) is 25.0 Å². The summed E-state index contributed by atoms with van der Waals surface area (Å²) in [4.78, 5) is 44.6. The molecule has 1 atom stereocenters. The number of likely N-dealkylation sites (tertiary alicyclic amines) is 2. The number of hydrogen-bond acceptors (Lipinski definition) is 4. The molecule has 1 unspecified atom stereocenters. The van der Waals surface area contributed by atoms with E-state index < -0.39 is 6.04 Å². The van der Waals surface area contributed by atoms with Gasteiger partial charge >= 0.3 is 6.03 Å². The van der Waals surface area contributed by atoms with Crippen LogP contribution >= 0.6 is 0 Å². The molecule has 0 N–H and O–H groups in total. The first-order valence-corrected chi connectivity index (χ1v) is 11.3. The van der Waals surface area contributed by atoms with E-state index in [-0.39, 0.29) is 23.9 Å². The molecule has 8 nitrogen and oxygen atoms in total. The van der Waals surface area contributed by atoms with Gasteiger partial charge in [0.1, 0.15) is 11.8 Å². The second kappa shape index (κ2) is 8.33. The lowest BCUT2D eigenvalue weighted by molar-refractivity contribution is -0.136. The Hall–Kier alpha value is -3.29. The molecule has 0 radical (unpaired) electrons. The summed E-state index contributed by atoms with van der Waals surface area (Å²) in [5.41, 5.74) is 1.56. The van der Waals surface area contributed by atoms with Crippen molar-refractivity contribution in [3.63, 3.8) is 0 Å². The van der Waals surface area contributed by atoms with Crippen molar-refractivity contribution in [2.45, 2.75) is 44.3 Å². The molecule has 5 rings (SSSR count). The number of methoxy groups -OCH3 is 1. The van der Waals surface area contributed by atoms with Crippen LogP contribution in [0.1, 0.15) is 41.7 Å². The van der Waals surface area contributed by atoms with E-state index in [0.29, 0.717) is 43.9 Å². The molecule has 2 aromatic rings. The number of piperidine rings is 1. The van der Waals surface area contributed by atoms with Gasteiger partial charge in [0.05, 0.1) is 13.7 Å². The van der Waals surface area contributed by atoms with E-state index in [2.05, 4.69) is 0 Å². The molecular formula is C24H28N4O4. The van der Waals surface area contributed by atoms with Crippen molar-refractivity contribution in [1.29, 1.82) is 0 Å². The highest BCUT2D eigenvalue weighted by Gasteiger charge is 2.40. The average molecular weight is 437 g/mol. The Kier molecular flexibility index (Phi) is 5.36. The number of fused-ring (bicyclic) bond motifs is 1. The molecule has 168 valence electrons. The number of benzene rings is 1. The van der Waals surface area contributed by atoms with Gasteiger partial charge in [-0.25, -0.2) is 4.79 Å². The molecular weight excluding hydrogens is 408 g/mol. The van der Waals surface area contributed by atoms with Gasteiger partial charge in [0.2, 0.25) is 5.91 Å². The van der Waals surface area contributed by atoms with Gasteiger partial charge in [-0.15, -0.1) is 0 Å². The number of nitrogens with zero attached hydrogens (tertiary/aromatic N) is 4. The van der Waals surface area contributed by atoms with Crippen molar-refractivity contribution >= 4 is 17.8 Å². The molecule has 32 heavy (non-hydrogen) atoms. The quantitative estimate of drug-likeness (QED) is 0.738. The maximum Gasteiger partial charge on any atom is 0.329 e. The van der Waals surface area contributed by atoms with E-state index in [1.54, 1.807) is 40.8 Å². The fraction of sp³-hybridized carbons (Fsp3) is 0.458. The van der Waals surface area contributed by atoms with Crippen molar-refractivity contribution in [1.82, 2.24) is 19.3 Å². The van der Waals surface area contributed by atoms with Crippen molar-refractivity contribution in [3.8, 4) is 5.75 Å². The normalized spacial score (nSPS) is 21.2. The summed E-state index contributed by atoms with van der Waals surface area (Å²) in [6, 6.07) is 10.7. The van der Waals surface area contributed by atoms with Crippen molar-refractivity contribution in [3.05, 3.63) is 53.9 Å². The summed E-state index contributed by atoms with van der Waals surface area (Å²) in [6.07, 6.45) is 4.85. The van der Waals surface area contributed by atoms with Gasteiger partial charge < -0.3 is 19.4 Å². The van der Waals surface area contributed by atoms with Gasteiger partial charge in [0, 0.05) is 43.1 Å². The van der Waals surface area contributed by atoms with Crippen LogP contribution in [0.15, 0.2) is 42.6 Å². The first-order valence-electron chi connectivity index (χ1n) is 11.3. The third kappa shape index (κ3) is 3.53. The maximum atomic E-state index is 13.3. The number of rotatable bonds is 4. The van der Waals surface area contributed by atoms with E-state index >= 15 is 0 Å². The standard InChI is InChI=1S/C24H28N4O4/c1-32-20-7-2-5-17(15-20)22(29)27-12-4-8-21(27)23(30)25-13-9-18(10-14-25)28-16-19-6-3-11-26(19)24(28)31/h2-3,5-7,11,15,18,21H,4,8-10,12-14,16H2,1H3. The molecule has 3 amide bonds. The van der Waals surface area contributed by atoms with Crippen LogP contribution in [0.3, 0.4) is 0 Å². The highest BCUT2D eigenvalue weighted by atomic mass is 16.5. The molecule has 1 aromatic carbocycles. The Morgan fingerprint density at radius 3 is 2.59 bits per heavy atom. The topological polar surface area (TPSA) is 75.1 Å².